The van der Waals surface area contributed by atoms with E-state index in [1.807, 2.05) is 12.1 Å². The Morgan fingerprint density at radius 3 is 2.53 bits per heavy atom. The van der Waals surface area contributed by atoms with Crippen molar-refractivity contribution in [1.82, 2.24) is 0 Å². The molecule has 1 saturated carbocycles. The van der Waals surface area contributed by atoms with E-state index in [1.165, 1.54) is 24.8 Å². The van der Waals surface area contributed by atoms with Crippen LogP contribution in [-0.4, -0.2) is 6.29 Å². The Morgan fingerprint density at radius 2 is 1.84 bits per heavy atom. The van der Waals surface area contributed by atoms with Gasteiger partial charge in [0.15, 0.2) is 6.29 Å². The third-order valence-electron chi connectivity index (χ3n) is 3.92. The highest BCUT2D eigenvalue weighted by atomic mass is 35.5. The fraction of sp³-hybridized carbons (Fsp3) is 0.235. The standard InChI is InChI=1S/C17H15ClO/c18-17-8-7-15(10-16(17)11-19)14-6-2-5-13(9-14)12-3-1-4-12/h2,5-12H,1,3-4H2. The van der Waals surface area contributed by atoms with E-state index in [1.54, 1.807) is 6.07 Å². The molecule has 2 aromatic carbocycles. The minimum absolute atomic E-state index is 0.508. The molecule has 1 fully saturated rings. The average Bonchev–Trinajstić information content (AvgIpc) is 2.38. The molecule has 0 atom stereocenters. The second-order valence-corrected chi connectivity index (χ2v) is 5.51. The fourth-order valence-electron chi connectivity index (χ4n) is 2.53. The van der Waals surface area contributed by atoms with Crippen molar-refractivity contribution in [1.29, 1.82) is 0 Å². The summed E-state index contributed by atoms with van der Waals surface area (Å²) in [4.78, 5) is 11.0. The molecule has 19 heavy (non-hydrogen) atoms. The Balaban J connectivity index is 1.99. The molecule has 1 aliphatic rings. The number of hydrogen-bond acceptors (Lipinski definition) is 1. The Labute approximate surface area is 118 Å². The molecule has 1 nitrogen and oxygen atoms in total. The van der Waals surface area contributed by atoms with Gasteiger partial charge in [0.1, 0.15) is 0 Å². The molecular formula is C17H15ClO. The lowest BCUT2D eigenvalue weighted by molar-refractivity contribution is 0.112. The lowest BCUT2D eigenvalue weighted by Crippen LogP contribution is -2.08. The van der Waals surface area contributed by atoms with E-state index in [9.17, 15) is 4.79 Å². The van der Waals surface area contributed by atoms with E-state index in [0.29, 0.717) is 10.6 Å². The van der Waals surface area contributed by atoms with Gasteiger partial charge in [0, 0.05) is 5.56 Å². The third kappa shape index (κ3) is 2.43. The van der Waals surface area contributed by atoms with Crippen LogP contribution in [0.2, 0.25) is 5.02 Å². The Hall–Kier alpha value is -1.60. The predicted molar refractivity (Wildman–Crippen MR) is 78.9 cm³/mol. The van der Waals surface area contributed by atoms with E-state index in [2.05, 4.69) is 24.3 Å². The Morgan fingerprint density at radius 1 is 1.05 bits per heavy atom. The van der Waals surface area contributed by atoms with Gasteiger partial charge in [0.2, 0.25) is 0 Å². The van der Waals surface area contributed by atoms with Crippen molar-refractivity contribution >= 4 is 17.9 Å². The van der Waals surface area contributed by atoms with E-state index >= 15 is 0 Å². The van der Waals surface area contributed by atoms with Crippen LogP contribution in [0.15, 0.2) is 42.5 Å². The molecule has 1 aliphatic carbocycles. The molecule has 2 aromatic rings. The van der Waals surface area contributed by atoms with E-state index in [-0.39, 0.29) is 0 Å². The van der Waals surface area contributed by atoms with Gasteiger partial charge < -0.3 is 0 Å². The second kappa shape index (κ2) is 5.18. The molecule has 0 N–H and O–H groups in total. The first-order valence-corrected chi connectivity index (χ1v) is 7.01. The van der Waals surface area contributed by atoms with Crippen molar-refractivity contribution in [2.24, 2.45) is 0 Å². The van der Waals surface area contributed by atoms with Crippen molar-refractivity contribution in [2.75, 3.05) is 0 Å². The normalized spacial score (nSPS) is 15.0. The number of carbonyl (C=O) groups is 1. The van der Waals surface area contributed by atoms with Crippen LogP contribution in [0.3, 0.4) is 0 Å². The molecule has 0 spiro atoms. The Bertz CT molecular complexity index is 614. The van der Waals surface area contributed by atoms with Crippen LogP contribution < -0.4 is 0 Å². The van der Waals surface area contributed by atoms with Crippen molar-refractivity contribution in [2.45, 2.75) is 25.2 Å². The van der Waals surface area contributed by atoms with Crippen molar-refractivity contribution < 1.29 is 4.79 Å². The van der Waals surface area contributed by atoms with Crippen molar-refractivity contribution in [3.63, 3.8) is 0 Å². The maximum atomic E-state index is 11.0. The predicted octanol–water partition coefficient (Wildman–Crippen LogP) is 5.09. The van der Waals surface area contributed by atoms with Crippen LogP contribution in [-0.2, 0) is 0 Å². The SMILES string of the molecule is O=Cc1cc(-c2cccc(C3CCC3)c2)ccc1Cl. The smallest absolute Gasteiger partial charge is 0.151 e. The number of carbonyl (C=O) groups excluding carboxylic acids is 1. The fourth-order valence-corrected chi connectivity index (χ4v) is 2.69. The van der Waals surface area contributed by atoms with Gasteiger partial charge in [-0.15, -0.1) is 0 Å². The lowest BCUT2D eigenvalue weighted by Gasteiger charge is -2.26. The molecule has 0 saturated heterocycles. The molecular weight excluding hydrogens is 256 g/mol. The van der Waals surface area contributed by atoms with Gasteiger partial charge in [-0.05, 0) is 47.6 Å². The largest absolute Gasteiger partial charge is 0.298 e. The number of hydrogen-bond donors (Lipinski definition) is 0. The molecule has 2 heteroatoms. The van der Waals surface area contributed by atoms with Crippen LogP contribution in [0.4, 0.5) is 0 Å². The molecule has 96 valence electrons. The van der Waals surface area contributed by atoms with Crippen LogP contribution in [0.5, 0.6) is 0 Å². The molecule has 0 heterocycles. The first kappa shape index (κ1) is 12.4. The zero-order valence-corrected chi connectivity index (χ0v) is 11.4. The van der Waals surface area contributed by atoms with E-state index in [4.69, 9.17) is 11.6 Å². The van der Waals surface area contributed by atoms with Crippen LogP contribution >= 0.6 is 11.6 Å². The summed E-state index contributed by atoms with van der Waals surface area (Å²) in [6.07, 6.45) is 4.74. The van der Waals surface area contributed by atoms with E-state index in [0.717, 1.165) is 23.3 Å². The van der Waals surface area contributed by atoms with Crippen LogP contribution in [0, 0.1) is 0 Å². The monoisotopic (exact) mass is 270 g/mol. The summed E-state index contributed by atoms with van der Waals surface area (Å²) in [6.45, 7) is 0. The summed E-state index contributed by atoms with van der Waals surface area (Å²) in [5.74, 6) is 0.720. The summed E-state index contributed by atoms with van der Waals surface area (Å²) >= 11 is 5.97. The maximum Gasteiger partial charge on any atom is 0.151 e. The molecule has 0 amide bonds. The van der Waals surface area contributed by atoms with Gasteiger partial charge in [0.25, 0.3) is 0 Å². The summed E-state index contributed by atoms with van der Waals surface area (Å²) in [5.41, 5.74) is 4.16. The number of aldehydes is 1. The van der Waals surface area contributed by atoms with Gasteiger partial charge in [-0.2, -0.15) is 0 Å². The van der Waals surface area contributed by atoms with Crippen LogP contribution in [0.1, 0.15) is 41.1 Å². The quantitative estimate of drug-likeness (QED) is 0.710. The van der Waals surface area contributed by atoms with E-state index < -0.39 is 0 Å². The molecule has 0 bridgehead atoms. The Kier molecular flexibility index (Phi) is 3.39. The highest BCUT2D eigenvalue weighted by Crippen LogP contribution is 2.37. The molecule has 0 aliphatic heterocycles. The van der Waals surface area contributed by atoms with Gasteiger partial charge in [-0.3, -0.25) is 4.79 Å². The number of benzene rings is 2. The topological polar surface area (TPSA) is 17.1 Å². The molecule has 3 rings (SSSR count). The van der Waals surface area contributed by atoms with Crippen molar-refractivity contribution in [3.8, 4) is 11.1 Å². The lowest BCUT2D eigenvalue weighted by atomic mass is 9.79. The van der Waals surface area contributed by atoms with Crippen LogP contribution in [0.25, 0.3) is 11.1 Å². The summed E-state index contributed by atoms with van der Waals surface area (Å²) in [7, 11) is 0. The maximum absolute atomic E-state index is 11.0. The zero-order chi connectivity index (χ0) is 13.2. The molecule has 0 radical (unpaired) electrons. The summed E-state index contributed by atoms with van der Waals surface area (Å²) in [5, 5.41) is 0.508. The molecule has 0 aromatic heterocycles. The van der Waals surface area contributed by atoms with Crippen molar-refractivity contribution in [3.05, 3.63) is 58.6 Å². The first-order valence-electron chi connectivity index (χ1n) is 6.63. The van der Waals surface area contributed by atoms with Gasteiger partial charge >= 0.3 is 0 Å². The minimum atomic E-state index is 0.508. The highest BCUT2D eigenvalue weighted by Gasteiger charge is 2.19. The highest BCUT2D eigenvalue weighted by molar-refractivity contribution is 6.33. The zero-order valence-electron chi connectivity index (χ0n) is 10.6. The second-order valence-electron chi connectivity index (χ2n) is 5.11. The third-order valence-corrected chi connectivity index (χ3v) is 4.26. The minimum Gasteiger partial charge on any atom is -0.298 e. The summed E-state index contributed by atoms with van der Waals surface area (Å²) < 4.78 is 0. The number of rotatable bonds is 3. The average molecular weight is 271 g/mol. The molecule has 0 unspecified atom stereocenters. The first-order chi connectivity index (χ1) is 9.28. The summed E-state index contributed by atoms with van der Waals surface area (Å²) in [6, 6.07) is 14.2. The van der Waals surface area contributed by atoms with Gasteiger partial charge in [-0.1, -0.05) is 48.4 Å². The van der Waals surface area contributed by atoms with Gasteiger partial charge in [-0.25, -0.2) is 0 Å². The number of halogens is 1. The van der Waals surface area contributed by atoms with Gasteiger partial charge in [0.05, 0.1) is 5.02 Å².